The molecule has 0 saturated heterocycles. The van der Waals surface area contributed by atoms with Gasteiger partial charge in [-0.25, -0.2) is 15.0 Å². The lowest BCUT2D eigenvalue weighted by molar-refractivity contribution is 0.0537. The van der Waals surface area contributed by atoms with Crippen LogP contribution in [-0.4, -0.2) is 33.5 Å². The Morgan fingerprint density at radius 1 is 1.03 bits per heavy atom. The summed E-state index contributed by atoms with van der Waals surface area (Å²) in [5.41, 5.74) is 8.12. The fourth-order valence-electron chi connectivity index (χ4n) is 4.14. The highest BCUT2D eigenvalue weighted by molar-refractivity contribution is 6.01. The van der Waals surface area contributed by atoms with Crippen LogP contribution < -0.4 is 16.1 Å². The number of benzene rings is 2. The molecular formula is C26H28N6O3. The quantitative estimate of drug-likeness (QED) is 0.348. The minimum absolute atomic E-state index is 0.155. The van der Waals surface area contributed by atoms with Gasteiger partial charge in [-0.15, -0.1) is 0 Å². The van der Waals surface area contributed by atoms with Gasteiger partial charge in [0.05, 0.1) is 24.4 Å². The van der Waals surface area contributed by atoms with Crippen LogP contribution in [0.15, 0.2) is 54.9 Å². The first kappa shape index (κ1) is 23.9. The highest BCUT2D eigenvalue weighted by Gasteiger charge is 2.23. The predicted octanol–water partition coefficient (Wildman–Crippen LogP) is 4.18. The number of nitrogens with one attached hydrogen (secondary N) is 3. The zero-order chi connectivity index (χ0) is 25.1. The summed E-state index contributed by atoms with van der Waals surface area (Å²) in [5, 5.41) is 10.8. The monoisotopic (exact) mass is 472 g/mol. The van der Waals surface area contributed by atoms with Gasteiger partial charge in [-0.1, -0.05) is 36.4 Å². The molecule has 2 heterocycles. The number of hydroxylamine groups is 1. The van der Waals surface area contributed by atoms with Gasteiger partial charge in [-0.05, 0) is 56.5 Å². The third-order valence-electron chi connectivity index (χ3n) is 6.02. The maximum Gasteiger partial charge on any atom is 0.274 e. The molecule has 2 amide bonds. The van der Waals surface area contributed by atoms with Crippen LogP contribution in [0.4, 0.5) is 11.5 Å². The van der Waals surface area contributed by atoms with E-state index in [-0.39, 0.29) is 17.9 Å². The van der Waals surface area contributed by atoms with E-state index in [1.807, 2.05) is 64.1 Å². The molecule has 180 valence electrons. The molecular weight excluding hydrogens is 444 g/mol. The SMILES string of the molecule is CONC(=O)c1ccc(C)c(Nc2ncnn3c(C)c(C(=O)N[C@@H](C)c4ccccc4)c(C)c23)c1. The largest absolute Gasteiger partial charge is 0.345 e. The number of carbonyl (C=O) groups is 2. The Balaban J connectivity index is 1.69. The second-order valence-electron chi connectivity index (χ2n) is 8.35. The number of aromatic nitrogens is 3. The Hall–Kier alpha value is -4.24. The van der Waals surface area contributed by atoms with Crippen molar-refractivity contribution >= 4 is 28.8 Å². The first-order valence-electron chi connectivity index (χ1n) is 11.2. The molecule has 3 N–H and O–H groups in total. The van der Waals surface area contributed by atoms with Gasteiger partial charge in [-0.2, -0.15) is 5.10 Å². The topological polar surface area (TPSA) is 110 Å². The summed E-state index contributed by atoms with van der Waals surface area (Å²) < 4.78 is 1.71. The molecule has 0 unspecified atom stereocenters. The van der Waals surface area contributed by atoms with Crippen molar-refractivity contribution in [3.05, 3.63) is 88.4 Å². The van der Waals surface area contributed by atoms with E-state index >= 15 is 0 Å². The van der Waals surface area contributed by atoms with Gasteiger partial charge in [0.15, 0.2) is 5.82 Å². The lowest BCUT2D eigenvalue weighted by Crippen LogP contribution is -2.27. The fourth-order valence-corrected chi connectivity index (χ4v) is 4.14. The van der Waals surface area contributed by atoms with Gasteiger partial charge in [0, 0.05) is 11.3 Å². The van der Waals surface area contributed by atoms with Gasteiger partial charge in [-0.3, -0.25) is 14.4 Å². The van der Waals surface area contributed by atoms with Crippen molar-refractivity contribution in [1.29, 1.82) is 0 Å². The van der Waals surface area contributed by atoms with Crippen LogP contribution in [0.1, 0.15) is 56.1 Å². The number of anilines is 2. The average Bonchev–Trinajstić information content (AvgIpc) is 3.11. The van der Waals surface area contributed by atoms with Crippen molar-refractivity contribution < 1.29 is 14.4 Å². The van der Waals surface area contributed by atoms with Crippen LogP contribution in [0.2, 0.25) is 0 Å². The van der Waals surface area contributed by atoms with Gasteiger partial charge in [0.25, 0.3) is 11.8 Å². The molecule has 0 saturated carbocycles. The summed E-state index contributed by atoms with van der Waals surface area (Å²) in [6.45, 7) is 7.63. The van der Waals surface area contributed by atoms with Crippen molar-refractivity contribution in [2.75, 3.05) is 12.4 Å². The molecule has 9 nitrogen and oxygen atoms in total. The summed E-state index contributed by atoms with van der Waals surface area (Å²) in [4.78, 5) is 34.7. The van der Waals surface area contributed by atoms with Crippen LogP contribution in [-0.2, 0) is 4.84 Å². The molecule has 4 aromatic rings. The van der Waals surface area contributed by atoms with Crippen molar-refractivity contribution in [3.63, 3.8) is 0 Å². The molecule has 0 bridgehead atoms. The predicted molar refractivity (Wildman–Crippen MR) is 134 cm³/mol. The number of aryl methyl sites for hydroxylation is 3. The van der Waals surface area contributed by atoms with Crippen molar-refractivity contribution in [2.45, 2.75) is 33.7 Å². The maximum atomic E-state index is 13.3. The standard InChI is InChI=1S/C26H28N6O3/c1-15-11-12-20(25(33)31-35-5)13-21(15)30-24-23-16(2)22(18(4)32(23)28-14-27-24)26(34)29-17(3)19-9-7-6-8-10-19/h6-14,17H,1-5H3,(H,29,34)(H,31,33)(H,27,28,30)/t17-/m0/s1. The van der Waals surface area contributed by atoms with E-state index in [1.54, 1.807) is 16.6 Å². The Bertz CT molecular complexity index is 1400. The number of amides is 2. The zero-order valence-corrected chi connectivity index (χ0v) is 20.3. The molecule has 0 spiro atoms. The van der Waals surface area contributed by atoms with Crippen LogP contribution in [0.5, 0.6) is 0 Å². The van der Waals surface area contributed by atoms with Gasteiger partial charge < -0.3 is 10.6 Å². The highest BCUT2D eigenvalue weighted by atomic mass is 16.6. The second kappa shape index (κ2) is 9.94. The maximum absolute atomic E-state index is 13.3. The molecule has 1 atom stereocenters. The smallest absolute Gasteiger partial charge is 0.274 e. The molecule has 0 aliphatic carbocycles. The van der Waals surface area contributed by atoms with Crippen LogP contribution in [0.25, 0.3) is 5.52 Å². The van der Waals surface area contributed by atoms with E-state index in [0.717, 1.165) is 16.7 Å². The van der Waals surface area contributed by atoms with Gasteiger partial charge in [0.1, 0.15) is 11.8 Å². The number of carbonyl (C=O) groups excluding carboxylic acids is 2. The summed E-state index contributed by atoms with van der Waals surface area (Å²) in [5.74, 6) is -0.00466. The van der Waals surface area contributed by atoms with Gasteiger partial charge in [0.2, 0.25) is 0 Å². The lowest BCUT2D eigenvalue weighted by atomic mass is 10.1. The molecule has 9 heteroatoms. The Morgan fingerprint density at radius 2 is 1.77 bits per heavy atom. The number of nitrogens with zero attached hydrogens (tertiary/aromatic N) is 3. The molecule has 2 aromatic carbocycles. The first-order valence-corrected chi connectivity index (χ1v) is 11.2. The van der Waals surface area contributed by atoms with Crippen LogP contribution in [0, 0.1) is 20.8 Å². The molecule has 2 aromatic heterocycles. The molecule has 0 radical (unpaired) electrons. The lowest BCUT2D eigenvalue weighted by Gasteiger charge is -2.14. The number of rotatable bonds is 7. The number of fused-ring (bicyclic) bond motifs is 1. The molecule has 35 heavy (non-hydrogen) atoms. The molecule has 0 aliphatic rings. The van der Waals surface area contributed by atoms with E-state index in [4.69, 9.17) is 4.84 Å². The van der Waals surface area contributed by atoms with E-state index in [0.29, 0.717) is 33.8 Å². The van der Waals surface area contributed by atoms with Crippen molar-refractivity contribution in [3.8, 4) is 0 Å². The molecule has 0 fully saturated rings. The summed E-state index contributed by atoms with van der Waals surface area (Å²) in [6.07, 6.45) is 1.44. The summed E-state index contributed by atoms with van der Waals surface area (Å²) in [7, 11) is 1.38. The third kappa shape index (κ3) is 4.71. The van der Waals surface area contributed by atoms with Crippen LogP contribution in [0.3, 0.4) is 0 Å². The van der Waals surface area contributed by atoms with Gasteiger partial charge >= 0.3 is 0 Å². The Kier molecular flexibility index (Phi) is 6.79. The van der Waals surface area contributed by atoms with E-state index in [1.165, 1.54) is 13.4 Å². The first-order chi connectivity index (χ1) is 16.8. The Morgan fingerprint density at radius 3 is 2.49 bits per heavy atom. The van der Waals surface area contributed by atoms with E-state index in [9.17, 15) is 9.59 Å². The van der Waals surface area contributed by atoms with Crippen molar-refractivity contribution in [2.24, 2.45) is 0 Å². The summed E-state index contributed by atoms with van der Waals surface area (Å²) >= 11 is 0. The fraction of sp³-hybridized carbons (Fsp3) is 0.231. The normalized spacial score (nSPS) is 11.8. The van der Waals surface area contributed by atoms with Crippen molar-refractivity contribution in [1.82, 2.24) is 25.4 Å². The number of hydrogen-bond acceptors (Lipinski definition) is 6. The average molecular weight is 473 g/mol. The summed E-state index contributed by atoms with van der Waals surface area (Å²) in [6, 6.07) is 14.9. The Labute approximate surface area is 203 Å². The van der Waals surface area contributed by atoms with E-state index in [2.05, 4.69) is 26.2 Å². The highest BCUT2D eigenvalue weighted by Crippen LogP contribution is 2.30. The minimum atomic E-state index is -0.357. The minimum Gasteiger partial charge on any atom is -0.345 e. The van der Waals surface area contributed by atoms with Crippen LogP contribution >= 0.6 is 0 Å². The third-order valence-corrected chi connectivity index (χ3v) is 6.02. The second-order valence-corrected chi connectivity index (χ2v) is 8.35. The molecule has 0 aliphatic heterocycles. The number of hydrogen-bond donors (Lipinski definition) is 3. The molecule has 4 rings (SSSR count). The zero-order valence-electron chi connectivity index (χ0n) is 20.3. The van der Waals surface area contributed by atoms with E-state index < -0.39 is 0 Å².